The summed E-state index contributed by atoms with van der Waals surface area (Å²) in [6, 6.07) is 4.68. The van der Waals surface area contributed by atoms with Gasteiger partial charge in [0.2, 0.25) is 5.91 Å². The van der Waals surface area contributed by atoms with Gasteiger partial charge in [0.15, 0.2) is 0 Å². The third-order valence-electron chi connectivity index (χ3n) is 2.14. The Labute approximate surface area is 102 Å². The lowest BCUT2D eigenvalue weighted by molar-refractivity contribution is -0.119. The van der Waals surface area contributed by atoms with Gasteiger partial charge in [-0.05, 0) is 47.5 Å². The van der Waals surface area contributed by atoms with E-state index in [-0.39, 0.29) is 5.91 Å². The van der Waals surface area contributed by atoms with Crippen LogP contribution in [0.15, 0.2) is 22.7 Å². The molecule has 16 heavy (non-hydrogen) atoms. The Kier molecular flexibility index (Phi) is 4.06. The van der Waals surface area contributed by atoms with Gasteiger partial charge in [-0.1, -0.05) is 6.07 Å². The molecule has 1 rings (SSSR count). The van der Waals surface area contributed by atoms with E-state index < -0.39 is 11.9 Å². The number of nitrogens with one attached hydrogen (secondary N) is 1. The first-order chi connectivity index (χ1) is 7.41. The Balaban J connectivity index is 2.85. The normalized spacial score (nSPS) is 11.9. The molecule has 0 aliphatic rings. The molecule has 0 aromatic heterocycles. The SMILES string of the molecule is Cc1ccc(C(=O)N[C@H](C)C(N)=O)c(Br)c1. The van der Waals surface area contributed by atoms with E-state index in [0.29, 0.717) is 10.0 Å². The van der Waals surface area contributed by atoms with Crippen molar-refractivity contribution in [2.45, 2.75) is 19.9 Å². The number of nitrogens with two attached hydrogens (primary N) is 1. The number of primary amides is 1. The van der Waals surface area contributed by atoms with Gasteiger partial charge in [0.25, 0.3) is 5.91 Å². The van der Waals surface area contributed by atoms with Gasteiger partial charge in [-0.25, -0.2) is 0 Å². The van der Waals surface area contributed by atoms with Crippen LogP contribution in [0, 0.1) is 6.92 Å². The molecule has 0 aliphatic carbocycles. The summed E-state index contributed by atoms with van der Waals surface area (Å²) in [5.41, 5.74) is 6.59. The number of halogens is 1. The van der Waals surface area contributed by atoms with Crippen LogP contribution < -0.4 is 11.1 Å². The van der Waals surface area contributed by atoms with Crippen molar-refractivity contribution in [3.63, 3.8) is 0 Å². The number of benzene rings is 1. The van der Waals surface area contributed by atoms with Crippen molar-refractivity contribution in [3.8, 4) is 0 Å². The average Bonchev–Trinajstić information content (AvgIpc) is 2.16. The van der Waals surface area contributed by atoms with Crippen molar-refractivity contribution < 1.29 is 9.59 Å². The van der Waals surface area contributed by atoms with Gasteiger partial charge in [0.05, 0.1) is 5.56 Å². The molecule has 1 aromatic rings. The van der Waals surface area contributed by atoms with Gasteiger partial charge >= 0.3 is 0 Å². The second-order valence-electron chi connectivity index (χ2n) is 3.58. The molecule has 0 spiro atoms. The Morgan fingerprint density at radius 3 is 2.56 bits per heavy atom. The molecule has 0 fully saturated rings. The zero-order valence-electron chi connectivity index (χ0n) is 9.08. The lowest BCUT2D eigenvalue weighted by Gasteiger charge is -2.11. The van der Waals surface area contributed by atoms with E-state index in [1.165, 1.54) is 0 Å². The van der Waals surface area contributed by atoms with E-state index in [4.69, 9.17) is 5.73 Å². The van der Waals surface area contributed by atoms with E-state index >= 15 is 0 Å². The molecule has 0 bridgehead atoms. The van der Waals surface area contributed by atoms with Crippen LogP contribution in [-0.4, -0.2) is 17.9 Å². The van der Waals surface area contributed by atoms with Crippen molar-refractivity contribution in [2.75, 3.05) is 0 Å². The van der Waals surface area contributed by atoms with Crippen LogP contribution >= 0.6 is 15.9 Å². The molecule has 0 radical (unpaired) electrons. The summed E-state index contributed by atoms with van der Waals surface area (Å²) in [6.07, 6.45) is 0. The third-order valence-corrected chi connectivity index (χ3v) is 2.80. The van der Waals surface area contributed by atoms with Crippen molar-refractivity contribution in [3.05, 3.63) is 33.8 Å². The van der Waals surface area contributed by atoms with Crippen LogP contribution in [0.5, 0.6) is 0 Å². The van der Waals surface area contributed by atoms with E-state index in [9.17, 15) is 9.59 Å². The summed E-state index contributed by atoms with van der Waals surface area (Å²) in [7, 11) is 0. The minimum atomic E-state index is -0.680. The Bertz CT molecular complexity index is 432. The van der Waals surface area contributed by atoms with E-state index in [2.05, 4.69) is 21.2 Å². The summed E-state index contributed by atoms with van der Waals surface area (Å²) in [5, 5.41) is 2.51. The fourth-order valence-corrected chi connectivity index (χ4v) is 1.82. The number of carbonyl (C=O) groups is 2. The summed E-state index contributed by atoms with van der Waals surface area (Å²) < 4.78 is 0.696. The van der Waals surface area contributed by atoms with E-state index in [1.54, 1.807) is 13.0 Å². The number of aryl methyl sites for hydroxylation is 1. The first-order valence-electron chi connectivity index (χ1n) is 4.78. The highest BCUT2D eigenvalue weighted by Gasteiger charge is 2.15. The van der Waals surface area contributed by atoms with Crippen molar-refractivity contribution in [1.29, 1.82) is 0 Å². The molecule has 5 heteroatoms. The molecule has 0 saturated carbocycles. The average molecular weight is 285 g/mol. The number of amides is 2. The number of hydrogen-bond acceptors (Lipinski definition) is 2. The smallest absolute Gasteiger partial charge is 0.253 e. The van der Waals surface area contributed by atoms with Crippen LogP contribution in [0.1, 0.15) is 22.8 Å². The topological polar surface area (TPSA) is 72.2 Å². The molecule has 0 aliphatic heterocycles. The van der Waals surface area contributed by atoms with Crippen LogP contribution in [0.3, 0.4) is 0 Å². The van der Waals surface area contributed by atoms with Gasteiger partial charge in [0.1, 0.15) is 6.04 Å². The molecule has 0 saturated heterocycles. The number of carbonyl (C=O) groups excluding carboxylic acids is 2. The van der Waals surface area contributed by atoms with Crippen LogP contribution in [0.2, 0.25) is 0 Å². The largest absolute Gasteiger partial charge is 0.368 e. The van der Waals surface area contributed by atoms with Gasteiger partial charge in [0, 0.05) is 4.47 Å². The molecule has 4 nitrogen and oxygen atoms in total. The van der Waals surface area contributed by atoms with Crippen LogP contribution in [0.4, 0.5) is 0 Å². The monoisotopic (exact) mass is 284 g/mol. The predicted molar refractivity (Wildman–Crippen MR) is 65.0 cm³/mol. The quantitative estimate of drug-likeness (QED) is 0.880. The summed E-state index contributed by atoms with van der Waals surface area (Å²) >= 11 is 3.30. The maximum atomic E-state index is 11.7. The second-order valence-corrected chi connectivity index (χ2v) is 4.44. The van der Waals surface area contributed by atoms with E-state index in [0.717, 1.165) is 5.56 Å². The van der Waals surface area contributed by atoms with Crippen molar-refractivity contribution >= 4 is 27.7 Å². The highest BCUT2D eigenvalue weighted by Crippen LogP contribution is 2.18. The van der Waals surface area contributed by atoms with Crippen LogP contribution in [-0.2, 0) is 4.79 Å². The molecule has 1 atom stereocenters. The molecule has 86 valence electrons. The fourth-order valence-electron chi connectivity index (χ4n) is 1.15. The van der Waals surface area contributed by atoms with E-state index in [1.807, 2.05) is 19.1 Å². The summed E-state index contributed by atoms with van der Waals surface area (Å²) in [5.74, 6) is -0.880. The molecular weight excluding hydrogens is 272 g/mol. The highest BCUT2D eigenvalue weighted by atomic mass is 79.9. The zero-order chi connectivity index (χ0) is 12.3. The third kappa shape index (κ3) is 3.06. The minimum Gasteiger partial charge on any atom is -0.368 e. The highest BCUT2D eigenvalue weighted by molar-refractivity contribution is 9.10. The Hall–Kier alpha value is -1.36. The molecule has 1 aromatic carbocycles. The molecule has 2 amide bonds. The first-order valence-corrected chi connectivity index (χ1v) is 5.57. The van der Waals surface area contributed by atoms with Gasteiger partial charge in [-0.3, -0.25) is 9.59 Å². The lowest BCUT2D eigenvalue weighted by Crippen LogP contribution is -2.42. The van der Waals surface area contributed by atoms with Crippen LogP contribution in [0.25, 0.3) is 0 Å². The van der Waals surface area contributed by atoms with Gasteiger partial charge in [-0.2, -0.15) is 0 Å². The molecular formula is C11H13BrN2O2. The number of rotatable bonds is 3. The summed E-state index contributed by atoms with van der Waals surface area (Å²) in [6.45, 7) is 3.47. The van der Waals surface area contributed by atoms with Crippen molar-refractivity contribution in [1.82, 2.24) is 5.32 Å². The first kappa shape index (κ1) is 12.7. The second kappa shape index (κ2) is 5.12. The zero-order valence-corrected chi connectivity index (χ0v) is 10.7. The maximum Gasteiger partial charge on any atom is 0.253 e. The minimum absolute atomic E-state index is 0.321. The fraction of sp³-hybridized carbons (Fsp3) is 0.273. The predicted octanol–water partition coefficient (Wildman–Crippen LogP) is 1.36. The molecule has 3 N–H and O–H groups in total. The maximum absolute atomic E-state index is 11.7. The molecule has 0 heterocycles. The standard InChI is InChI=1S/C11H13BrN2O2/c1-6-3-4-8(9(12)5-6)11(16)14-7(2)10(13)15/h3-5,7H,1-2H3,(H2,13,15)(H,14,16)/t7-/m1/s1. The van der Waals surface area contributed by atoms with Gasteiger partial charge in [-0.15, -0.1) is 0 Å². The van der Waals surface area contributed by atoms with Gasteiger partial charge < -0.3 is 11.1 Å². The Morgan fingerprint density at radius 1 is 1.44 bits per heavy atom. The lowest BCUT2D eigenvalue weighted by atomic mass is 10.1. The number of hydrogen-bond donors (Lipinski definition) is 2. The van der Waals surface area contributed by atoms with Crippen molar-refractivity contribution in [2.24, 2.45) is 5.73 Å². The Morgan fingerprint density at radius 2 is 2.06 bits per heavy atom. The summed E-state index contributed by atoms with van der Waals surface area (Å²) in [4.78, 5) is 22.5. The molecule has 0 unspecified atom stereocenters.